The summed E-state index contributed by atoms with van der Waals surface area (Å²) < 4.78 is 25.4. The van der Waals surface area contributed by atoms with E-state index in [-0.39, 0.29) is 24.2 Å². The molecule has 1 aliphatic heterocycles. The molecule has 8 nitrogen and oxygen atoms in total. The predicted octanol–water partition coefficient (Wildman–Crippen LogP) is 0.0799. The lowest BCUT2D eigenvalue weighted by atomic mass is 10.1. The van der Waals surface area contributed by atoms with E-state index in [4.69, 9.17) is 0 Å². The van der Waals surface area contributed by atoms with Crippen LogP contribution in [-0.2, 0) is 14.8 Å². The highest BCUT2D eigenvalue weighted by Gasteiger charge is 2.27. The lowest BCUT2D eigenvalue weighted by molar-refractivity contribution is -0.127. The summed E-state index contributed by atoms with van der Waals surface area (Å²) in [6.07, 6.45) is 1.45. The first-order chi connectivity index (χ1) is 11.7. The zero-order valence-electron chi connectivity index (χ0n) is 16.1. The van der Waals surface area contributed by atoms with Crippen LogP contribution in [0.5, 0.6) is 0 Å². The largest absolute Gasteiger partial charge is 0.356 e. The fourth-order valence-corrected chi connectivity index (χ4v) is 3.53. The molecule has 0 aromatic heterocycles. The van der Waals surface area contributed by atoms with E-state index in [0.717, 1.165) is 19.4 Å². The van der Waals surface area contributed by atoms with E-state index in [0.29, 0.717) is 25.0 Å². The van der Waals surface area contributed by atoms with Crippen LogP contribution < -0.4 is 10.6 Å². The monoisotopic (exact) mass is 375 g/mol. The molecule has 0 bridgehead atoms. The number of hydrogen-bond acceptors (Lipinski definition) is 4. The van der Waals surface area contributed by atoms with Crippen molar-refractivity contribution in [2.45, 2.75) is 39.7 Å². The van der Waals surface area contributed by atoms with Crippen LogP contribution in [0, 0.1) is 5.92 Å². The Morgan fingerprint density at radius 3 is 2.36 bits per heavy atom. The standard InChI is InChI=1S/C16H33N5O3S/c1-6-25(23,24)21-9-7-14(8-10-21)19-16(17-11-13(2)3)18-12-15(22)20(4)5/h13-14H,6-12H2,1-5H3,(H2,17,18,19). The van der Waals surface area contributed by atoms with Crippen LogP contribution in [0.1, 0.15) is 33.6 Å². The Morgan fingerprint density at radius 2 is 1.88 bits per heavy atom. The lowest BCUT2D eigenvalue weighted by Crippen LogP contribution is -2.50. The summed E-state index contributed by atoms with van der Waals surface area (Å²) in [6.45, 7) is 7.74. The number of sulfonamides is 1. The van der Waals surface area contributed by atoms with Gasteiger partial charge < -0.3 is 15.5 Å². The Labute approximate surface area is 152 Å². The first-order valence-electron chi connectivity index (χ1n) is 8.88. The minimum atomic E-state index is -3.12. The van der Waals surface area contributed by atoms with E-state index >= 15 is 0 Å². The Balaban J connectivity index is 2.63. The number of nitrogens with zero attached hydrogens (tertiary/aromatic N) is 3. The molecule has 0 aromatic rings. The maximum Gasteiger partial charge on any atom is 0.243 e. The van der Waals surface area contributed by atoms with Gasteiger partial charge in [0.2, 0.25) is 15.9 Å². The summed E-state index contributed by atoms with van der Waals surface area (Å²) in [7, 11) is 0.293. The number of hydrogen-bond donors (Lipinski definition) is 2. The molecular weight excluding hydrogens is 342 g/mol. The fourth-order valence-electron chi connectivity index (χ4n) is 2.40. The molecule has 0 aromatic carbocycles. The molecule has 25 heavy (non-hydrogen) atoms. The van der Waals surface area contributed by atoms with Crippen LogP contribution in [0.25, 0.3) is 0 Å². The van der Waals surface area contributed by atoms with Crippen molar-refractivity contribution in [3.05, 3.63) is 0 Å². The number of carbonyl (C=O) groups is 1. The number of piperidine rings is 1. The SMILES string of the molecule is CCS(=O)(=O)N1CCC(NC(=NCC(=O)N(C)C)NCC(C)C)CC1. The summed E-state index contributed by atoms with van der Waals surface area (Å²) in [5.74, 6) is 1.14. The highest BCUT2D eigenvalue weighted by molar-refractivity contribution is 7.89. The third kappa shape index (κ3) is 7.60. The molecule has 0 spiro atoms. The molecule has 1 saturated heterocycles. The van der Waals surface area contributed by atoms with Gasteiger partial charge >= 0.3 is 0 Å². The Hall–Kier alpha value is -1.35. The third-order valence-corrected chi connectivity index (χ3v) is 5.98. The molecule has 9 heteroatoms. The van der Waals surface area contributed by atoms with Crippen molar-refractivity contribution >= 4 is 21.9 Å². The van der Waals surface area contributed by atoms with Gasteiger partial charge in [-0.2, -0.15) is 0 Å². The van der Waals surface area contributed by atoms with Crippen molar-refractivity contribution in [1.29, 1.82) is 0 Å². The number of likely N-dealkylation sites (N-methyl/N-ethyl adjacent to an activating group) is 1. The van der Waals surface area contributed by atoms with Gasteiger partial charge in [0.05, 0.1) is 5.75 Å². The molecular formula is C16H33N5O3S. The number of amides is 1. The zero-order chi connectivity index (χ0) is 19.0. The highest BCUT2D eigenvalue weighted by atomic mass is 32.2. The molecule has 1 amide bonds. The summed E-state index contributed by atoms with van der Waals surface area (Å²) in [5.41, 5.74) is 0. The van der Waals surface area contributed by atoms with Crippen molar-refractivity contribution in [1.82, 2.24) is 19.8 Å². The van der Waals surface area contributed by atoms with E-state index in [1.807, 2.05) is 0 Å². The fraction of sp³-hybridized carbons (Fsp3) is 0.875. The van der Waals surface area contributed by atoms with Crippen LogP contribution in [0.3, 0.4) is 0 Å². The van der Waals surface area contributed by atoms with Crippen LogP contribution in [0.4, 0.5) is 0 Å². The van der Waals surface area contributed by atoms with Gasteiger partial charge in [-0.3, -0.25) is 4.79 Å². The van der Waals surface area contributed by atoms with Crippen LogP contribution in [-0.4, -0.2) is 81.6 Å². The lowest BCUT2D eigenvalue weighted by Gasteiger charge is -2.32. The van der Waals surface area contributed by atoms with Gasteiger partial charge in [0, 0.05) is 39.8 Å². The first-order valence-corrected chi connectivity index (χ1v) is 10.5. The number of aliphatic imine (C=N–C) groups is 1. The van der Waals surface area contributed by atoms with Crippen molar-refractivity contribution in [2.24, 2.45) is 10.9 Å². The van der Waals surface area contributed by atoms with Gasteiger partial charge in [0.25, 0.3) is 0 Å². The van der Waals surface area contributed by atoms with E-state index < -0.39 is 10.0 Å². The second-order valence-corrected chi connectivity index (χ2v) is 9.20. The molecule has 0 saturated carbocycles. The maximum absolute atomic E-state index is 11.9. The third-order valence-electron chi connectivity index (χ3n) is 4.10. The van der Waals surface area contributed by atoms with Gasteiger partial charge in [0.1, 0.15) is 6.54 Å². The summed E-state index contributed by atoms with van der Waals surface area (Å²) >= 11 is 0. The Bertz CT molecular complexity index is 552. The Morgan fingerprint density at radius 1 is 1.28 bits per heavy atom. The summed E-state index contributed by atoms with van der Waals surface area (Å²) in [6, 6.07) is 0.149. The summed E-state index contributed by atoms with van der Waals surface area (Å²) in [4.78, 5) is 17.6. The second-order valence-electron chi connectivity index (χ2n) is 6.95. The molecule has 0 unspecified atom stereocenters. The van der Waals surface area contributed by atoms with Crippen LogP contribution in [0.2, 0.25) is 0 Å². The minimum absolute atomic E-state index is 0.0606. The van der Waals surface area contributed by atoms with Crippen molar-refractivity contribution in [2.75, 3.05) is 46.0 Å². The maximum atomic E-state index is 11.9. The topological polar surface area (TPSA) is 94.1 Å². The molecule has 2 N–H and O–H groups in total. The normalized spacial score (nSPS) is 17.6. The van der Waals surface area contributed by atoms with E-state index in [1.54, 1.807) is 25.3 Å². The second kappa shape index (κ2) is 9.96. The van der Waals surface area contributed by atoms with Crippen LogP contribution in [0.15, 0.2) is 4.99 Å². The number of guanidine groups is 1. The molecule has 1 rings (SSSR count). The van der Waals surface area contributed by atoms with Crippen LogP contribution >= 0.6 is 0 Å². The number of nitrogens with one attached hydrogen (secondary N) is 2. The molecule has 146 valence electrons. The molecule has 0 radical (unpaired) electrons. The van der Waals surface area contributed by atoms with E-state index in [9.17, 15) is 13.2 Å². The average Bonchev–Trinajstić information content (AvgIpc) is 2.57. The molecule has 1 fully saturated rings. The van der Waals surface area contributed by atoms with Gasteiger partial charge in [-0.05, 0) is 25.7 Å². The van der Waals surface area contributed by atoms with Gasteiger partial charge in [-0.15, -0.1) is 0 Å². The van der Waals surface area contributed by atoms with Gasteiger partial charge in [0.15, 0.2) is 5.96 Å². The number of rotatable bonds is 7. The predicted molar refractivity (Wildman–Crippen MR) is 101 cm³/mol. The highest BCUT2D eigenvalue weighted by Crippen LogP contribution is 2.14. The van der Waals surface area contributed by atoms with Crippen molar-refractivity contribution < 1.29 is 13.2 Å². The van der Waals surface area contributed by atoms with Gasteiger partial charge in [-0.1, -0.05) is 13.8 Å². The minimum Gasteiger partial charge on any atom is -0.356 e. The Kier molecular flexibility index (Phi) is 8.64. The van der Waals surface area contributed by atoms with Crippen molar-refractivity contribution in [3.63, 3.8) is 0 Å². The molecule has 1 heterocycles. The smallest absolute Gasteiger partial charge is 0.243 e. The molecule has 0 atom stereocenters. The van der Waals surface area contributed by atoms with Gasteiger partial charge in [-0.25, -0.2) is 17.7 Å². The zero-order valence-corrected chi connectivity index (χ0v) is 16.9. The van der Waals surface area contributed by atoms with E-state index in [1.165, 1.54) is 4.90 Å². The molecule has 0 aliphatic carbocycles. The first kappa shape index (κ1) is 21.7. The summed E-state index contributed by atoms with van der Waals surface area (Å²) in [5, 5.41) is 6.59. The van der Waals surface area contributed by atoms with Crippen molar-refractivity contribution in [3.8, 4) is 0 Å². The molecule has 1 aliphatic rings. The van der Waals surface area contributed by atoms with E-state index in [2.05, 4.69) is 29.5 Å². The number of carbonyl (C=O) groups excluding carboxylic acids is 1. The average molecular weight is 376 g/mol. The quantitative estimate of drug-likeness (QED) is 0.485.